The highest BCUT2D eigenvalue weighted by Gasteiger charge is 2.24. The van der Waals surface area contributed by atoms with Gasteiger partial charge in [0.15, 0.2) is 0 Å². The number of amides is 2. The van der Waals surface area contributed by atoms with Crippen molar-refractivity contribution in [1.29, 1.82) is 0 Å². The molecular weight excluding hydrogens is 351 g/mol. The topological polar surface area (TPSA) is 58.2 Å². The summed E-state index contributed by atoms with van der Waals surface area (Å²) in [6, 6.07) is 4.29. The Morgan fingerprint density at radius 1 is 1.23 bits per heavy atom. The van der Waals surface area contributed by atoms with E-state index in [1.807, 2.05) is 0 Å². The molecule has 0 aliphatic heterocycles. The summed E-state index contributed by atoms with van der Waals surface area (Å²) in [4.78, 5) is 23.7. The summed E-state index contributed by atoms with van der Waals surface area (Å²) in [5.74, 6) is -1.40. The maximum absolute atomic E-state index is 13.6. The number of anilines is 1. The average molecular weight is 371 g/mol. The number of carbonyl (C=O) groups is 2. The van der Waals surface area contributed by atoms with Gasteiger partial charge in [0, 0.05) is 10.5 Å². The zero-order chi connectivity index (χ0) is 16.1. The highest BCUT2D eigenvalue weighted by molar-refractivity contribution is 9.10. The minimum Gasteiger partial charge on any atom is -0.345 e. The third-order valence-corrected chi connectivity index (χ3v) is 4.64. The first kappa shape index (κ1) is 16.9. The maximum Gasteiger partial charge on any atom is 0.313 e. The van der Waals surface area contributed by atoms with Crippen molar-refractivity contribution in [3.8, 4) is 0 Å². The Kier molecular flexibility index (Phi) is 5.94. The van der Waals surface area contributed by atoms with Crippen LogP contribution in [0.1, 0.15) is 39.0 Å². The van der Waals surface area contributed by atoms with E-state index in [9.17, 15) is 14.0 Å². The molecule has 1 aliphatic carbocycles. The molecule has 22 heavy (non-hydrogen) atoms. The summed E-state index contributed by atoms with van der Waals surface area (Å²) in [5, 5.41) is 5.03. The van der Waals surface area contributed by atoms with Gasteiger partial charge in [-0.2, -0.15) is 0 Å². The van der Waals surface area contributed by atoms with E-state index in [0.717, 1.165) is 38.0 Å². The second-order valence-electron chi connectivity index (χ2n) is 5.68. The number of halogens is 2. The van der Waals surface area contributed by atoms with Gasteiger partial charge >= 0.3 is 11.8 Å². The molecule has 1 aromatic carbocycles. The van der Waals surface area contributed by atoms with Crippen LogP contribution in [0.25, 0.3) is 0 Å². The van der Waals surface area contributed by atoms with Gasteiger partial charge in [-0.3, -0.25) is 9.59 Å². The molecule has 1 aromatic rings. The number of carbonyl (C=O) groups excluding carboxylic acids is 2. The Labute approximate surface area is 138 Å². The standard InChI is InChI=1S/C16H20BrFN2O2/c1-2-10-3-6-12(7-4-10)19-15(21)16(22)20-14-8-5-11(17)9-13(14)18/h5,8-10,12H,2-4,6-7H2,1H3,(H,19,21)(H,20,22). The Bertz CT molecular complexity index is 557. The monoisotopic (exact) mass is 370 g/mol. The van der Waals surface area contributed by atoms with E-state index in [0.29, 0.717) is 4.47 Å². The van der Waals surface area contributed by atoms with Gasteiger partial charge in [-0.15, -0.1) is 0 Å². The summed E-state index contributed by atoms with van der Waals surface area (Å²) < 4.78 is 14.2. The summed E-state index contributed by atoms with van der Waals surface area (Å²) in [5.41, 5.74) is -0.00181. The van der Waals surface area contributed by atoms with Crippen molar-refractivity contribution in [3.63, 3.8) is 0 Å². The maximum atomic E-state index is 13.6. The van der Waals surface area contributed by atoms with Crippen molar-refractivity contribution in [2.75, 3.05) is 5.32 Å². The lowest BCUT2D eigenvalue weighted by atomic mass is 9.84. The van der Waals surface area contributed by atoms with Gasteiger partial charge in [-0.25, -0.2) is 4.39 Å². The fourth-order valence-electron chi connectivity index (χ4n) is 2.74. The minimum atomic E-state index is -0.834. The van der Waals surface area contributed by atoms with Crippen molar-refractivity contribution in [2.45, 2.75) is 45.1 Å². The summed E-state index contributed by atoms with van der Waals surface area (Å²) in [6.07, 6.45) is 5.09. The van der Waals surface area contributed by atoms with E-state index in [2.05, 4.69) is 33.5 Å². The van der Waals surface area contributed by atoms with Crippen molar-refractivity contribution >= 4 is 33.4 Å². The van der Waals surface area contributed by atoms with Gasteiger partial charge in [0.25, 0.3) is 0 Å². The Morgan fingerprint density at radius 2 is 1.91 bits per heavy atom. The van der Waals surface area contributed by atoms with Crippen molar-refractivity contribution in [2.24, 2.45) is 5.92 Å². The Hall–Kier alpha value is -1.43. The molecule has 4 nitrogen and oxygen atoms in total. The quantitative estimate of drug-likeness (QED) is 0.798. The van der Waals surface area contributed by atoms with Gasteiger partial charge < -0.3 is 10.6 Å². The smallest absolute Gasteiger partial charge is 0.313 e. The molecule has 1 fully saturated rings. The zero-order valence-electron chi connectivity index (χ0n) is 12.5. The van der Waals surface area contributed by atoms with Gasteiger partial charge in [0.1, 0.15) is 5.82 Å². The normalized spacial score (nSPS) is 21.2. The van der Waals surface area contributed by atoms with Crippen LogP contribution in [0.5, 0.6) is 0 Å². The lowest BCUT2D eigenvalue weighted by molar-refractivity contribution is -0.136. The van der Waals surface area contributed by atoms with Gasteiger partial charge in [-0.05, 0) is 49.8 Å². The number of hydrogen-bond donors (Lipinski definition) is 2. The van der Waals surface area contributed by atoms with Crippen molar-refractivity contribution in [3.05, 3.63) is 28.5 Å². The molecule has 0 spiro atoms. The van der Waals surface area contributed by atoms with Crippen molar-refractivity contribution in [1.82, 2.24) is 5.32 Å². The molecule has 0 unspecified atom stereocenters. The van der Waals surface area contributed by atoms with Crippen LogP contribution in [0.15, 0.2) is 22.7 Å². The van der Waals surface area contributed by atoms with E-state index < -0.39 is 17.6 Å². The second-order valence-corrected chi connectivity index (χ2v) is 6.59. The molecule has 6 heteroatoms. The molecule has 0 heterocycles. The van der Waals surface area contributed by atoms with Crippen LogP contribution in [0.3, 0.4) is 0 Å². The number of nitrogens with one attached hydrogen (secondary N) is 2. The van der Waals surface area contributed by atoms with Gasteiger partial charge in [0.05, 0.1) is 5.69 Å². The highest BCUT2D eigenvalue weighted by atomic mass is 79.9. The minimum absolute atomic E-state index is 0.00181. The van der Waals surface area contributed by atoms with Crippen LogP contribution in [0, 0.1) is 11.7 Å². The average Bonchev–Trinajstić information content (AvgIpc) is 2.50. The molecule has 0 radical (unpaired) electrons. The van der Waals surface area contributed by atoms with Crippen LogP contribution in [0.4, 0.5) is 10.1 Å². The Balaban J connectivity index is 1.86. The molecule has 0 saturated heterocycles. The first-order valence-corrected chi connectivity index (χ1v) is 8.35. The predicted molar refractivity (Wildman–Crippen MR) is 86.9 cm³/mol. The highest BCUT2D eigenvalue weighted by Crippen LogP contribution is 2.26. The van der Waals surface area contributed by atoms with Gasteiger partial charge in [0.2, 0.25) is 0 Å². The third-order valence-electron chi connectivity index (χ3n) is 4.14. The first-order valence-electron chi connectivity index (χ1n) is 7.56. The molecule has 2 rings (SSSR count). The third kappa shape index (κ3) is 4.53. The van der Waals surface area contributed by atoms with E-state index >= 15 is 0 Å². The van der Waals surface area contributed by atoms with E-state index in [-0.39, 0.29) is 11.7 Å². The lowest BCUT2D eigenvalue weighted by Gasteiger charge is -2.28. The molecule has 1 aliphatic rings. The van der Waals surface area contributed by atoms with Crippen LogP contribution in [-0.2, 0) is 9.59 Å². The van der Waals surface area contributed by atoms with Crippen LogP contribution < -0.4 is 10.6 Å². The van der Waals surface area contributed by atoms with E-state index in [4.69, 9.17) is 0 Å². The second kappa shape index (κ2) is 7.72. The number of rotatable bonds is 3. The summed E-state index contributed by atoms with van der Waals surface area (Å²) >= 11 is 3.14. The summed E-state index contributed by atoms with van der Waals surface area (Å²) in [6.45, 7) is 2.17. The predicted octanol–water partition coefficient (Wildman–Crippen LogP) is 3.61. The molecule has 0 aromatic heterocycles. The number of hydrogen-bond acceptors (Lipinski definition) is 2. The first-order chi connectivity index (χ1) is 10.5. The molecular formula is C16H20BrFN2O2. The molecule has 120 valence electrons. The van der Waals surface area contributed by atoms with Crippen molar-refractivity contribution < 1.29 is 14.0 Å². The summed E-state index contributed by atoms with van der Waals surface area (Å²) in [7, 11) is 0. The van der Waals surface area contributed by atoms with Crippen LogP contribution in [-0.4, -0.2) is 17.9 Å². The fourth-order valence-corrected chi connectivity index (χ4v) is 3.07. The number of benzene rings is 1. The van der Waals surface area contributed by atoms with E-state index in [1.165, 1.54) is 12.1 Å². The van der Waals surface area contributed by atoms with Crippen LogP contribution >= 0.6 is 15.9 Å². The molecule has 1 saturated carbocycles. The fraction of sp³-hybridized carbons (Fsp3) is 0.500. The van der Waals surface area contributed by atoms with Crippen LogP contribution in [0.2, 0.25) is 0 Å². The molecule has 2 N–H and O–H groups in total. The molecule has 0 bridgehead atoms. The SMILES string of the molecule is CCC1CCC(NC(=O)C(=O)Nc2ccc(Br)cc2F)CC1. The zero-order valence-corrected chi connectivity index (χ0v) is 14.1. The van der Waals surface area contributed by atoms with Gasteiger partial charge in [-0.1, -0.05) is 29.3 Å². The largest absolute Gasteiger partial charge is 0.345 e. The van der Waals surface area contributed by atoms with E-state index in [1.54, 1.807) is 6.07 Å². The molecule has 0 atom stereocenters. The molecule has 2 amide bonds. The Morgan fingerprint density at radius 3 is 2.50 bits per heavy atom. The lowest BCUT2D eigenvalue weighted by Crippen LogP contribution is -2.43.